The Morgan fingerprint density at radius 2 is 1.96 bits per heavy atom. The van der Waals surface area contributed by atoms with E-state index in [2.05, 4.69) is 42.2 Å². The van der Waals surface area contributed by atoms with Crippen LogP contribution in [-0.2, 0) is 0 Å². The average Bonchev–Trinajstić information content (AvgIpc) is 2.72. The molecule has 5 heteroatoms. The number of amides is 1. The largest absolute Gasteiger partial charge is 0.349 e. The van der Waals surface area contributed by atoms with Crippen molar-refractivity contribution in [1.82, 2.24) is 20.2 Å². The van der Waals surface area contributed by atoms with Crippen molar-refractivity contribution in [2.45, 2.75) is 32.7 Å². The van der Waals surface area contributed by atoms with E-state index in [1.807, 2.05) is 24.3 Å². The molecule has 2 aromatic heterocycles. The standard InChI is InChI=1S/C23H26N4O/c1-15-6-7-19-20(23(28)25-18-8-11-27(3)12-9-18)13-21(26-22(19)16(15)2)17-5-4-10-24-14-17/h4-7,10,13-14,18H,8-9,11-12H2,1-3H3,(H,25,28). The first-order valence-electron chi connectivity index (χ1n) is 9.83. The fourth-order valence-electron chi connectivity index (χ4n) is 3.80. The van der Waals surface area contributed by atoms with Crippen LogP contribution in [0.15, 0.2) is 42.7 Å². The minimum atomic E-state index is -0.0182. The number of aryl methyl sites for hydroxylation is 2. The van der Waals surface area contributed by atoms with Gasteiger partial charge in [-0.3, -0.25) is 9.78 Å². The Kier molecular flexibility index (Phi) is 5.09. The van der Waals surface area contributed by atoms with Crippen molar-refractivity contribution in [3.63, 3.8) is 0 Å². The van der Waals surface area contributed by atoms with E-state index in [1.54, 1.807) is 12.4 Å². The van der Waals surface area contributed by atoms with Gasteiger partial charge >= 0.3 is 0 Å². The molecule has 1 aliphatic heterocycles. The number of hydrogen-bond donors (Lipinski definition) is 1. The number of likely N-dealkylation sites (tertiary alicyclic amines) is 1. The lowest BCUT2D eigenvalue weighted by atomic mass is 9.98. The summed E-state index contributed by atoms with van der Waals surface area (Å²) in [6.07, 6.45) is 5.50. The Balaban J connectivity index is 1.77. The van der Waals surface area contributed by atoms with Gasteiger partial charge in [0, 0.05) is 29.4 Å². The summed E-state index contributed by atoms with van der Waals surface area (Å²) in [5, 5.41) is 4.16. The van der Waals surface area contributed by atoms with Crippen LogP contribution in [0, 0.1) is 13.8 Å². The van der Waals surface area contributed by atoms with Gasteiger partial charge in [-0.05, 0) is 76.2 Å². The molecule has 1 N–H and O–H groups in total. The summed E-state index contributed by atoms with van der Waals surface area (Å²) in [7, 11) is 2.12. The molecule has 0 radical (unpaired) electrons. The second kappa shape index (κ2) is 7.68. The predicted octanol–water partition coefficient (Wildman–Crippen LogP) is 3.74. The zero-order valence-corrected chi connectivity index (χ0v) is 16.7. The van der Waals surface area contributed by atoms with Crippen LogP contribution in [-0.4, -0.2) is 47.0 Å². The highest BCUT2D eigenvalue weighted by Gasteiger charge is 2.21. The number of piperidine rings is 1. The zero-order valence-electron chi connectivity index (χ0n) is 16.7. The zero-order chi connectivity index (χ0) is 19.7. The minimum absolute atomic E-state index is 0.0182. The number of rotatable bonds is 3. The summed E-state index contributed by atoms with van der Waals surface area (Å²) >= 11 is 0. The fraction of sp³-hybridized carbons (Fsp3) is 0.348. The Bertz CT molecular complexity index is 1010. The van der Waals surface area contributed by atoms with E-state index in [-0.39, 0.29) is 11.9 Å². The third-order valence-corrected chi connectivity index (χ3v) is 5.76. The molecule has 4 rings (SSSR count). The van der Waals surface area contributed by atoms with Crippen LogP contribution in [0.25, 0.3) is 22.2 Å². The van der Waals surface area contributed by atoms with E-state index in [4.69, 9.17) is 4.98 Å². The van der Waals surface area contributed by atoms with Gasteiger partial charge in [-0.1, -0.05) is 12.1 Å². The second-order valence-electron chi connectivity index (χ2n) is 7.75. The third-order valence-electron chi connectivity index (χ3n) is 5.76. The van der Waals surface area contributed by atoms with Gasteiger partial charge in [0.2, 0.25) is 0 Å². The van der Waals surface area contributed by atoms with Gasteiger partial charge in [0.1, 0.15) is 0 Å². The molecule has 3 heterocycles. The molecule has 28 heavy (non-hydrogen) atoms. The first-order valence-corrected chi connectivity index (χ1v) is 9.83. The Morgan fingerprint density at radius 1 is 1.18 bits per heavy atom. The minimum Gasteiger partial charge on any atom is -0.349 e. The highest BCUT2D eigenvalue weighted by molar-refractivity contribution is 6.08. The Hall–Kier alpha value is -2.79. The van der Waals surface area contributed by atoms with Crippen molar-refractivity contribution in [3.8, 4) is 11.3 Å². The van der Waals surface area contributed by atoms with E-state index in [9.17, 15) is 4.79 Å². The molecule has 0 bridgehead atoms. The lowest BCUT2D eigenvalue weighted by molar-refractivity contribution is 0.0918. The molecule has 3 aromatic rings. The lowest BCUT2D eigenvalue weighted by Crippen LogP contribution is -2.43. The van der Waals surface area contributed by atoms with Crippen molar-refractivity contribution in [3.05, 3.63) is 59.4 Å². The lowest BCUT2D eigenvalue weighted by Gasteiger charge is -2.29. The quantitative estimate of drug-likeness (QED) is 0.759. The smallest absolute Gasteiger partial charge is 0.252 e. The van der Waals surface area contributed by atoms with E-state index in [0.29, 0.717) is 5.56 Å². The monoisotopic (exact) mass is 374 g/mol. The van der Waals surface area contributed by atoms with E-state index in [0.717, 1.165) is 53.7 Å². The molecule has 5 nitrogen and oxygen atoms in total. The van der Waals surface area contributed by atoms with Gasteiger partial charge in [-0.25, -0.2) is 4.98 Å². The van der Waals surface area contributed by atoms with Crippen LogP contribution in [0.5, 0.6) is 0 Å². The van der Waals surface area contributed by atoms with Gasteiger partial charge < -0.3 is 10.2 Å². The van der Waals surface area contributed by atoms with Crippen molar-refractivity contribution >= 4 is 16.8 Å². The SMILES string of the molecule is Cc1ccc2c(C(=O)NC3CCN(C)CC3)cc(-c3cccnc3)nc2c1C. The predicted molar refractivity (Wildman–Crippen MR) is 112 cm³/mol. The molecule has 0 unspecified atom stereocenters. The molecule has 1 fully saturated rings. The van der Waals surface area contributed by atoms with Crippen LogP contribution in [0.3, 0.4) is 0 Å². The van der Waals surface area contributed by atoms with Crippen molar-refractivity contribution in [2.75, 3.05) is 20.1 Å². The molecule has 1 aliphatic rings. The van der Waals surface area contributed by atoms with Crippen LogP contribution in [0.4, 0.5) is 0 Å². The van der Waals surface area contributed by atoms with Crippen LogP contribution >= 0.6 is 0 Å². The molecule has 1 aromatic carbocycles. The summed E-state index contributed by atoms with van der Waals surface area (Å²) in [6.45, 7) is 6.17. The molecule has 0 aliphatic carbocycles. The molecular formula is C23H26N4O. The molecule has 0 atom stereocenters. The fourth-order valence-corrected chi connectivity index (χ4v) is 3.80. The van der Waals surface area contributed by atoms with Gasteiger partial charge in [0.15, 0.2) is 0 Å². The number of hydrogen-bond acceptors (Lipinski definition) is 4. The first-order chi connectivity index (χ1) is 13.5. The average molecular weight is 374 g/mol. The van der Waals surface area contributed by atoms with Crippen molar-refractivity contribution in [2.24, 2.45) is 0 Å². The number of carbonyl (C=O) groups is 1. The topological polar surface area (TPSA) is 58.1 Å². The molecule has 0 saturated carbocycles. The first kappa shape index (κ1) is 18.6. The molecular weight excluding hydrogens is 348 g/mol. The summed E-state index contributed by atoms with van der Waals surface area (Å²) in [4.78, 5) is 24.6. The maximum absolute atomic E-state index is 13.2. The number of fused-ring (bicyclic) bond motifs is 1. The number of pyridine rings is 2. The highest BCUT2D eigenvalue weighted by atomic mass is 16.1. The normalized spacial score (nSPS) is 15.7. The summed E-state index contributed by atoms with van der Waals surface area (Å²) in [6, 6.07) is 10.1. The number of benzene rings is 1. The van der Waals surface area contributed by atoms with E-state index < -0.39 is 0 Å². The van der Waals surface area contributed by atoms with E-state index >= 15 is 0 Å². The summed E-state index contributed by atoms with van der Waals surface area (Å²) in [5.74, 6) is -0.0182. The van der Waals surface area contributed by atoms with Crippen LogP contribution < -0.4 is 5.32 Å². The van der Waals surface area contributed by atoms with Crippen LogP contribution in [0.1, 0.15) is 34.3 Å². The second-order valence-corrected chi connectivity index (χ2v) is 7.75. The number of aromatic nitrogens is 2. The maximum atomic E-state index is 13.2. The van der Waals surface area contributed by atoms with Crippen molar-refractivity contribution < 1.29 is 4.79 Å². The van der Waals surface area contributed by atoms with Crippen LogP contribution in [0.2, 0.25) is 0 Å². The molecule has 0 spiro atoms. The highest BCUT2D eigenvalue weighted by Crippen LogP contribution is 2.28. The number of nitrogens with one attached hydrogen (secondary N) is 1. The Morgan fingerprint density at radius 3 is 2.68 bits per heavy atom. The Labute approximate surface area is 165 Å². The summed E-state index contributed by atoms with van der Waals surface area (Å²) < 4.78 is 0. The maximum Gasteiger partial charge on any atom is 0.252 e. The van der Waals surface area contributed by atoms with E-state index in [1.165, 1.54) is 5.56 Å². The summed E-state index contributed by atoms with van der Waals surface area (Å²) in [5.41, 5.74) is 5.55. The van der Waals surface area contributed by atoms with Gasteiger partial charge in [0.25, 0.3) is 5.91 Å². The number of carbonyl (C=O) groups excluding carboxylic acids is 1. The van der Waals surface area contributed by atoms with Gasteiger partial charge in [-0.15, -0.1) is 0 Å². The molecule has 1 saturated heterocycles. The number of nitrogens with zero attached hydrogens (tertiary/aromatic N) is 3. The van der Waals surface area contributed by atoms with Gasteiger partial charge in [-0.2, -0.15) is 0 Å². The molecule has 1 amide bonds. The third kappa shape index (κ3) is 3.62. The van der Waals surface area contributed by atoms with Gasteiger partial charge in [0.05, 0.1) is 16.8 Å². The van der Waals surface area contributed by atoms with Crippen molar-refractivity contribution in [1.29, 1.82) is 0 Å². The molecule has 144 valence electrons.